The van der Waals surface area contributed by atoms with Crippen molar-refractivity contribution in [3.05, 3.63) is 61.2 Å². The molecule has 0 saturated heterocycles. The van der Waals surface area contributed by atoms with Gasteiger partial charge in [0.2, 0.25) is 0 Å². The summed E-state index contributed by atoms with van der Waals surface area (Å²) in [7, 11) is 0. The van der Waals surface area contributed by atoms with Crippen LogP contribution in [0.3, 0.4) is 0 Å². The predicted octanol–water partition coefficient (Wildman–Crippen LogP) is 2.03. The number of pyridine rings is 2. The van der Waals surface area contributed by atoms with E-state index in [4.69, 9.17) is 4.74 Å². The molecular weight excluding hydrogens is 264 g/mol. The zero-order valence-corrected chi connectivity index (χ0v) is 12.5. The molecule has 4 heteroatoms. The molecule has 0 radical (unpaired) electrons. The number of aromatic nitrogens is 2. The molecule has 0 unspecified atom stereocenters. The molecule has 0 aliphatic carbocycles. The first-order valence-electron chi connectivity index (χ1n) is 6.91. The molecule has 2 rings (SSSR count). The number of hydrogen-bond donors (Lipinski definition) is 0. The summed E-state index contributed by atoms with van der Waals surface area (Å²) in [5.41, 5.74) is 2.69. The molecule has 4 nitrogen and oxygen atoms in total. The van der Waals surface area contributed by atoms with Crippen molar-refractivity contribution in [1.82, 2.24) is 0 Å². The molecule has 0 amide bonds. The maximum Gasteiger partial charge on any atom is 0.337 e. The van der Waals surface area contributed by atoms with Crippen LogP contribution in [0.25, 0.3) is 11.1 Å². The van der Waals surface area contributed by atoms with Crippen LogP contribution in [-0.2, 0) is 22.8 Å². The van der Waals surface area contributed by atoms with Gasteiger partial charge in [0.05, 0.1) is 0 Å². The van der Waals surface area contributed by atoms with Gasteiger partial charge in [-0.25, -0.2) is 9.36 Å². The SMILES string of the molecule is C=C(C)C(=O)OC[n+]1ccc(-c2cc[n+](CC)cc2)cc1. The van der Waals surface area contributed by atoms with E-state index in [1.165, 1.54) is 0 Å². The Bertz CT molecular complexity index is 631. The normalized spacial score (nSPS) is 10.2. The van der Waals surface area contributed by atoms with E-state index in [1.807, 2.05) is 24.5 Å². The van der Waals surface area contributed by atoms with Crippen molar-refractivity contribution in [2.75, 3.05) is 0 Å². The second-order valence-corrected chi connectivity index (χ2v) is 4.86. The van der Waals surface area contributed by atoms with Gasteiger partial charge in [-0.1, -0.05) is 6.58 Å². The zero-order chi connectivity index (χ0) is 15.2. The van der Waals surface area contributed by atoms with Gasteiger partial charge in [-0.2, -0.15) is 4.57 Å². The number of hydrogen-bond acceptors (Lipinski definition) is 2. The summed E-state index contributed by atoms with van der Waals surface area (Å²) in [5, 5.41) is 0. The van der Waals surface area contributed by atoms with Crippen molar-refractivity contribution in [3.8, 4) is 11.1 Å². The van der Waals surface area contributed by atoms with E-state index in [-0.39, 0.29) is 12.7 Å². The number of esters is 1. The minimum absolute atomic E-state index is 0.191. The molecule has 0 bridgehead atoms. The molecule has 0 fully saturated rings. The highest BCUT2D eigenvalue weighted by Gasteiger charge is 2.08. The van der Waals surface area contributed by atoms with Gasteiger partial charge < -0.3 is 4.74 Å². The van der Waals surface area contributed by atoms with Gasteiger partial charge in [0.1, 0.15) is 6.54 Å². The van der Waals surface area contributed by atoms with E-state index in [1.54, 1.807) is 11.5 Å². The van der Waals surface area contributed by atoms with Crippen molar-refractivity contribution in [3.63, 3.8) is 0 Å². The van der Waals surface area contributed by atoms with Crippen LogP contribution in [0.4, 0.5) is 0 Å². The summed E-state index contributed by atoms with van der Waals surface area (Å²) >= 11 is 0. The molecular formula is C17H20N2O2+2. The molecule has 0 atom stereocenters. The Morgan fingerprint density at radius 2 is 1.52 bits per heavy atom. The fraction of sp³-hybridized carbons (Fsp3) is 0.235. The van der Waals surface area contributed by atoms with Gasteiger partial charge in [0, 0.05) is 29.8 Å². The van der Waals surface area contributed by atoms with Crippen LogP contribution >= 0.6 is 0 Å². The third-order valence-electron chi connectivity index (χ3n) is 3.17. The Hall–Kier alpha value is -2.49. The van der Waals surface area contributed by atoms with Crippen molar-refractivity contribution >= 4 is 5.97 Å². The maximum absolute atomic E-state index is 11.3. The van der Waals surface area contributed by atoms with E-state index in [0.717, 1.165) is 17.7 Å². The molecule has 108 valence electrons. The van der Waals surface area contributed by atoms with Crippen molar-refractivity contribution in [2.45, 2.75) is 27.1 Å². The summed E-state index contributed by atoms with van der Waals surface area (Å²) in [6, 6.07) is 8.18. The smallest absolute Gasteiger partial charge is 0.337 e. The highest BCUT2D eigenvalue weighted by molar-refractivity contribution is 5.86. The first kappa shape index (κ1) is 14.9. The average molecular weight is 284 g/mol. The standard InChI is InChI=1S/C17H20N2O2/c1-4-18-9-5-15(6-10-18)16-7-11-19(12-8-16)13-21-17(20)14(2)3/h5-12H,2,4,13H2,1,3H3/q+2. The van der Waals surface area contributed by atoms with Crippen LogP contribution in [0.5, 0.6) is 0 Å². The Balaban J connectivity index is 2.04. The zero-order valence-electron chi connectivity index (χ0n) is 12.5. The second-order valence-electron chi connectivity index (χ2n) is 4.86. The van der Waals surface area contributed by atoms with Crippen LogP contribution in [0.15, 0.2) is 61.2 Å². The number of carbonyl (C=O) groups is 1. The second kappa shape index (κ2) is 6.79. The van der Waals surface area contributed by atoms with E-state index >= 15 is 0 Å². The Labute approximate surface area is 124 Å². The van der Waals surface area contributed by atoms with Crippen molar-refractivity contribution in [1.29, 1.82) is 0 Å². The third-order valence-corrected chi connectivity index (χ3v) is 3.17. The molecule has 0 N–H and O–H groups in total. The van der Waals surface area contributed by atoms with E-state index in [0.29, 0.717) is 5.57 Å². The summed E-state index contributed by atoms with van der Waals surface area (Å²) < 4.78 is 9.01. The lowest BCUT2D eigenvalue weighted by Gasteiger charge is -2.02. The number of ether oxygens (including phenoxy) is 1. The van der Waals surface area contributed by atoms with Crippen molar-refractivity contribution in [2.24, 2.45) is 0 Å². The van der Waals surface area contributed by atoms with E-state index < -0.39 is 0 Å². The number of rotatable bonds is 5. The first-order valence-corrected chi connectivity index (χ1v) is 6.91. The van der Waals surface area contributed by atoms with Crippen LogP contribution in [0.2, 0.25) is 0 Å². The summed E-state index contributed by atoms with van der Waals surface area (Å²) in [6.07, 6.45) is 7.90. The highest BCUT2D eigenvalue weighted by Crippen LogP contribution is 2.15. The molecule has 2 aromatic heterocycles. The van der Waals surface area contributed by atoms with Gasteiger partial charge in [0.15, 0.2) is 24.8 Å². The fourth-order valence-corrected chi connectivity index (χ4v) is 1.85. The van der Waals surface area contributed by atoms with Gasteiger partial charge in [-0.3, -0.25) is 0 Å². The molecule has 2 aromatic rings. The van der Waals surface area contributed by atoms with Gasteiger partial charge in [0.25, 0.3) is 6.73 Å². The largest absolute Gasteiger partial charge is 0.401 e. The summed E-state index contributed by atoms with van der Waals surface area (Å²) in [5.74, 6) is -0.376. The summed E-state index contributed by atoms with van der Waals surface area (Å²) in [6.45, 7) is 8.44. The topological polar surface area (TPSA) is 34.1 Å². The molecule has 0 aliphatic rings. The first-order chi connectivity index (χ1) is 10.1. The molecule has 0 aliphatic heterocycles. The quantitative estimate of drug-likeness (QED) is 0.478. The summed E-state index contributed by atoms with van der Waals surface area (Å²) in [4.78, 5) is 11.3. The molecule has 21 heavy (non-hydrogen) atoms. The van der Waals surface area contributed by atoms with Crippen LogP contribution < -0.4 is 9.13 Å². The van der Waals surface area contributed by atoms with Crippen LogP contribution in [-0.4, -0.2) is 5.97 Å². The monoisotopic (exact) mass is 284 g/mol. The fourth-order valence-electron chi connectivity index (χ4n) is 1.85. The molecule has 0 spiro atoms. The minimum Gasteiger partial charge on any atom is -0.401 e. The van der Waals surface area contributed by atoms with Crippen LogP contribution in [0, 0.1) is 0 Å². The van der Waals surface area contributed by atoms with Crippen molar-refractivity contribution < 1.29 is 18.7 Å². The molecule has 2 heterocycles. The minimum atomic E-state index is -0.376. The third kappa shape index (κ3) is 3.99. The Morgan fingerprint density at radius 1 is 1.05 bits per heavy atom. The maximum atomic E-state index is 11.3. The number of nitrogens with zero attached hydrogens (tertiary/aromatic N) is 2. The number of aryl methyl sites for hydroxylation is 1. The lowest BCUT2D eigenvalue weighted by atomic mass is 10.1. The van der Waals surface area contributed by atoms with Crippen LogP contribution in [0.1, 0.15) is 13.8 Å². The Morgan fingerprint density at radius 3 is 1.95 bits per heavy atom. The average Bonchev–Trinajstić information content (AvgIpc) is 2.53. The Kier molecular flexibility index (Phi) is 4.82. The van der Waals surface area contributed by atoms with E-state index in [2.05, 4.69) is 42.6 Å². The number of carbonyl (C=O) groups excluding carboxylic acids is 1. The van der Waals surface area contributed by atoms with Gasteiger partial charge >= 0.3 is 5.97 Å². The van der Waals surface area contributed by atoms with Gasteiger partial charge in [-0.15, -0.1) is 0 Å². The molecule has 0 aromatic carbocycles. The van der Waals surface area contributed by atoms with E-state index in [9.17, 15) is 4.79 Å². The van der Waals surface area contributed by atoms with Gasteiger partial charge in [-0.05, 0) is 25.0 Å². The lowest BCUT2D eigenvalue weighted by molar-refractivity contribution is -0.727. The highest BCUT2D eigenvalue weighted by atomic mass is 16.5. The lowest BCUT2D eigenvalue weighted by Crippen LogP contribution is -2.35. The predicted molar refractivity (Wildman–Crippen MR) is 78.8 cm³/mol. The molecule has 0 saturated carbocycles.